The maximum atomic E-state index is 12.8. The molecule has 14 heavy (non-hydrogen) atoms. The summed E-state index contributed by atoms with van der Waals surface area (Å²) in [5.74, 6) is -2.58. The molecular weight excluding hydrogens is 190 g/mol. The topological polar surface area (TPSA) is 26.3 Å². The maximum Gasteiger partial charge on any atom is 0.312 e. The number of benzene rings is 1. The molecule has 0 aliphatic carbocycles. The number of methoxy groups -OCH3 is 1. The predicted octanol–water partition coefficient (Wildman–Crippen LogP) is 2.24. The van der Waals surface area contributed by atoms with Crippen LogP contribution in [0.4, 0.5) is 8.78 Å². The van der Waals surface area contributed by atoms with Gasteiger partial charge in [-0.2, -0.15) is 0 Å². The highest BCUT2D eigenvalue weighted by Gasteiger charge is 2.16. The molecule has 0 heterocycles. The van der Waals surface area contributed by atoms with E-state index in [1.54, 1.807) is 0 Å². The minimum Gasteiger partial charge on any atom is -0.469 e. The first-order valence-corrected chi connectivity index (χ1v) is 4.08. The van der Waals surface area contributed by atoms with Gasteiger partial charge in [0.2, 0.25) is 0 Å². The summed E-state index contributed by atoms with van der Waals surface area (Å²) in [6.07, 6.45) is 0. The van der Waals surface area contributed by atoms with Crippen molar-refractivity contribution in [2.45, 2.75) is 12.8 Å². The summed E-state index contributed by atoms with van der Waals surface area (Å²) in [5.41, 5.74) is 0.273. The Morgan fingerprint density at radius 2 is 1.79 bits per heavy atom. The third-order valence-electron chi connectivity index (χ3n) is 1.94. The Labute approximate surface area is 80.5 Å². The molecule has 0 radical (unpaired) electrons. The van der Waals surface area contributed by atoms with Gasteiger partial charge in [-0.1, -0.05) is 0 Å². The van der Waals surface area contributed by atoms with Crippen molar-refractivity contribution in [3.8, 4) is 0 Å². The Kier molecular flexibility index (Phi) is 3.17. The fraction of sp³-hybridized carbons (Fsp3) is 0.300. The minimum absolute atomic E-state index is 0.273. The highest BCUT2D eigenvalue weighted by Crippen LogP contribution is 2.18. The molecule has 0 aliphatic heterocycles. The van der Waals surface area contributed by atoms with E-state index in [0.717, 1.165) is 18.2 Å². The molecule has 76 valence electrons. The van der Waals surface area contributed by atoms with Crippen LogP contribution in [-0.2, 0) is 9.53 Å². The van der Waals surface area contributed by atoms with E-state index in [9.17, 15) is 13.6 Å². The number of rotatable bonds is 2. The Morgan fingerprint density at radius 3 is 2.21 bits per heavy atom. The van der Waals surface area contributed by atoms with E-state index in [1.807, 2.05) is 0 Å². The molecule has 1 aromatic carbocycles. The van der Waals surface area contributed by atoms with Gasteiger partial charge in [0.15, 0.2) is 0 Å². The molecule has 0 amide bonds. The Hall–Kier alpha value is -1.45. The summed E-state index contributed by atoms with van der Waals surface area (Å²) >= 11 is 0. The number of hydrogen-bond donors (Lipinski definition) is 0. The first-order valence-electron chi connectivity index (χ1n) is 4.08. The van der Waals surface area contributed by atoms with E-state index >= 15 is 0 Å². The molecule has 1 unspecified atom stereocenters. The van der Waals surface area contributed by atoms with Crippen LogP contribution in [0, 0.1) is 11.6 Å². The van der Waals surface area contributed by atoms with Gasteiger partial charge in [0.25, 0.3) is 0 Å². The van der Waals surface area contributed by atoms with E-state index < -0.39 is 23.5 Å². The molecule has 0 spiro atoms. The van der Waals surface area contributed by atoms with Crippen LogP contribution in [0.3, 0.4) is 0 Å². The second-order valence-corrected chi connectivity index (χ2v) is 2.95. The Balaban J connectivity index is 3.00. The van der Waals surface area contributed by atoms with Crippen molar-refractivity contribution in [3.05, 3.63) is 35.4 Å². The number of ether oxygens (including phenoxy) is 1. The van der Waals surface area contributed by atoms with Crippen LogP contribution >= 0.6 is 0 Å². The van der Waals surface area contributed by atoms with Crippen molar-refractivity contribution in [2.75, 3.05) is 7.11 Å². The van der Waals surface area contributed by atoms with Gasteiger partial charge in [-0.25, -0.2) is 8.78 Å². The Morgan fingerprint density at radius 1 is 1.29 bits per heavy atom. The maximum absolute atomic E-state index is 12.8. The van der Waals surface area contributed by atoms with Crippen LogP contribution in [0.2, 0.25) is 0 Å². The van der Waals surface area contributed by atoms with Gasteiger partial charge in [-0.3, -0.25) is 4.79 Å². The first-order chi connectivity index (χ1) is 6.54. The van der Waals surface area contributed by atoms with Gasteiger partial charge in [-0.05, 0) is 24.6 Å². The molecule has 0 aromatic heterocycles. The summed E-state index contributed by atoms with van der Waals surface area (Å²) in [7, 11) is 1.23. The highest BCUT2D eigenvalue weighted by atomic mass is 19.1. The summed E-state index contributed by atoms with van der Waals surface area (Å²) in [5, 5.41) is 0. The zero-order chi connectivity index (χ0) is 10.7. The van der Waals surface area contributed by atoms with E-state index in [-0.39, 0.29) is 5.56 Å². The summed E-state index contributed by atoms with van der Waals surface area (Å²) in [6, 6.07) is 2.99. The third-order valence-corrected chi connectivity index (χ3v) is 1.94. The van der Waals surface area contributed by atoms with Crippen LogP contribution in [0.25, 0.3) is 0 Å². The molecule has 0 bridgehead atoms. The fourth-order valence-corrected chi connectivity index (χ4v) is 1.14. The molecule has 0 aliphatic rings. The largest absolute Gasteiger partial charge is 0.469 e. The average molecular weight is 200 g/mol. The van der Waals surface area contributed by atoms with Gasteiger partial charge in [0.05, 0.1) is 13.0 Å². The van der Waals surface area contributed by atoms with Crippen molar-refractivity contribution in [1.29, 1.82) is 0 Å². The lowest BCUT2D eigenvalue weighted by Gasteiger charge is -2.09. The van der Waals surface area contributed by atoms with Crippen LogP contribution in [-0.4, -0.2) is 13.1 Å². The second-order valence-electron chi connectivity index (χ2n) is 2.95. The van der Waals surface area contributed by atoms with Gasteiger partial charge >= 0.3 is 5.97 Å². The van der Waals surface area contributed by atoms with Crippen molar-refractivity contribution in [3.63, 3.8) is 0 Å². The fourth-order valence-electron chi connectivity index (χ4n) is 1.14. The SMILES string of the molecule is COC(=O)C(C)c1cc(F)cc(F)c1. The van der Waals surface area contributed by atoms with Crippen molar-refractivity contribution < 1.29 is 18.3 Å². The van der Waals surface area contributed by atoms with Crippen LogP contribution in [0.15, 0.2) is 18.2 Å². The standard InChI is InChI=1S/C10H10F2O2/c1-6(10(13)14-2)7-3-8(11)5-9(12)4-7/h3-6H,1-2H3. The lowest BCUT2D eigenvalue weighted by Crippen LogP contribution is -2.11. The number of esters is 1. The molecule has 4 heteroatoms. The number of carbonyl (C=O) groups excluding carboxylic acids is 1. The smallest absolute Gasteiger partial charge is 0.312 e. The van der Waals surface area contributed by atoms with Crippen LogP contribution in [0.1, 0.15) is 18.4 Å². The van der Waals surface area contributed by atoms with E-state index in [1.165, 1.54) is 14.0 Å². The van der Waals surface area contributed by atoms with E-state index in [2.05, 4.69) is 4.74 Å². The van der Waals surface area contributed by atoms with Gasteiger partial charge in [-0.15, -0.1) is 0 Å². The van der Waals surface area contributed by atoms with E-state index in [4.69, 9.17) is 0 Å². The molecule has 2 nitrogen and oxygen atoms in total. The van der Waals surface area contributed by atoms with Crippen molar-refractivity contribution in [2.24, 2.45) is 0 Å². The highest BCUT2D eigenvalue weighted by molar-refractivity contribution is 5.77. The minimum atomic E-state index is -0.698. The van der Waals surface area contributed by atoms with Crippen LogP contribution in [0.5, 0.6) is 0 Å². The second kappa shape index (κ2) is 4.17. The summed E-state index contributed by atoms with van der Waals surface area (Å²) in [4.78, 5) is 11.1. The molecule has 0 fully saturated rings. The third kappa shape index (κ3) is 2.28. The quantitative estimate of drug-likeness (QED) is 0.684. The monoisotopic (exact) mass is 200 g/mol. The van der Waals surface area contributed by atoms with Crippen molar-refractivity contribution >= 4 is 5.97 Å². The zero-order valence-corrected chi connectivity index (χ0v) is 7.88. The lowest BCUT2D eigenvalue weighted by molar-refractivity contribution is -0.141. The van der Waals surface area contributed by atoms with Crippen LogP contribution < -0.4 is 0 Å². The predicted molar refractivity (Wildman–Crippen MR) is 46.8 cm³/mol. The van der Waals surface area contributed by atoms with Gasteiger partial charge in [0, 0.05) is 6.07 Å². The zero-order valence-electron chi connectivity index (χ0n) is 7.88. The molecule has 0 saturated carbocycles. The number of hydrogen-bond acceptors (Lipinski definition) is 2. The summed E-state index contributed by atoms with van der Waals surface area (Å²) < 4.78 is 30.0. The van der Waals surface area contributed by atoms with E-state index in [0.29, 0.717) is 0 Å². The molecular formula is C10H10F2O2. The van der Waals surface area contributed by atoms with Gasteiger partial charge < -0.3 is 4.74 Å². The van der Waals surface area contributed by atoms with Gasteiger partial charge in [0.1, 0.15) is 11.6 Å². The molecule has 1 rings (SSSR count). The molecule has 1 atom stereocenters. The summed E-state index contributed by atoms with van der Waals surface area (Å²) in [6.45, 7) is 1.53. The molecule has 0 saturated heterocycles. The normalized spacial score (nSPS) is 12.3. The first kappa shape index (κ1) is 10.6. The Bertz CT molecular complexity index is 330. The number of halogens is 2. The average Bonchev–Trinajstić information content (AvgIpc) is 2.14. The lowest BCUT2D eigenvalue weighted by atomic mass is 10.0. The molecule has 1 aromatic rings. The van der Waals surface area contributed by atoms with Crippen molar-refractivity contribution in [1.82, 2.24) is 0 Å². The number of carbonyl (C=O) groups is 1. The molecule has 0 N–H and O–H groups in total.